The Bertz CT molecular complexity index is 382. The van der Waals surface area contributed by atoms with Gasteiger partial charge in [-0.1, -0.05) is 30.3 Å². The molecule has 0 aliphatic rings. The van der Waals surface area contributed by atoms with Crippen molar-refractivity contribution in [2.45, 2.75) is 32.4 Å². The van der Waals surface area contributed by atoms with E-state index in [4.69, 9.17) is 10.9 Å². The molecule has 17 heavy (non-hydrogen) atoms. The third-order valence-electron chi connectivity index (χ3n) is 2.62. The number of hydrogen-bond donors (Lipinski definition) is 3. The number of halogens is 1. The highest BCUT2D eigenvalue weighted by Crippen LogP contribution is 2.07. The first kappa shape index (κ1) is 13.4. The van der Waals surface area contributed by atoms with Crippen LogP contribution in [0.2, 0.25) is 0 Å². The number of nitrogens with two attached hydrogens (primary N) is 1. The van der Waals surface area contributed by atoms with Crippen molar-refractivity contribution in [3.63, 3.8) is 0 Å². The Hall–Kier alpha value is -1.62. The first-order valence-corrected chi connectivity index (χ1v) is 5.60. The van der Waals surface area contributed by atoms with E-state index in [0.717, 1.165) is 6.42 Å². The van der Waals surface area contributed by atoms with Crippen LogP contribution in [0.4, 0.5) is 4.39 Å². The average Bonchev–Trinajstić information content (AvgIpc) is 2.35. The van der Waals surface area contributed by atoms with Crippen molar-refractivity contribution in [3.8, 4) is 0 Å². The third-order valence-corrected chi connectivity index (χ3v) is 2.62. The minimum absolute atomic E-state index is 0.0745. The SMILES string of the molecule is CCC(CC(N)=NO)NCc1ccccc1F. The lowest BCUT2D eigenvalue weighted by Crippen LogP contribution is -2.33. The minimum atomic E-state index is -0.223. The van der Waals surface area contributed by atoms with Crippen molar-refractivity contribution >= 4 is 5.84 Å². The summed E-state index contributed by atoms with van der Waals surface area (Å²) in [7, 11) is 0. The predicted molar refractivity (Wildman–Crippen MR) is 65.3 cm³/mol. The van der Waals surface area contributed by atoms with Crippen LogP contribution in [0, 0.1) is 5.82 Å². The van der Waals surface area contributed by atoms with Crippen molar-refractivity contribution in [2.24, 2.45) is 10.9 Å². The summed E-state index contributed by atoms with van der Waals surface area (Å²) in [5.74, 6) is -0.0449. The molecule has 1 rings (SSSR count). The monoisotopic (exact) mass is 239 g/mol. The molecule has 0 fully saturated rings. The van der Waals surface area contributed by atoms with Crippen LogP contribution in [0.15, 0.2) is 29.4 Å². The fourth-order valence-electron chi connectivity index (χ4n) is 1.55. The summed E-state index contributed by atoms with van der Waals surface area (Å²) < 4.78 is 13.3. The fourth-order valence-corrected chi connectivity index (χ4v) is 1.55. The van der Waals surface area contributed by atoms with Crippen LogP contribution in [0.25, 0.3) is 0 Å². The van der Waals surface area contributed by atoms with Gasteiger partial charge in [0, 0.05) is 24.6 Å². The normalized spacial score (nSPS) is 13.6. The van der Waals surface area contributed by atoms with Gasteiger partial charge < -0.3 is 16.3 Å². The molecule has 1 aromatic rings. The highest BCUT2D eigenvalue weighted by Gasteiger charge is 2.09. The number of nitrogens with one attached hydrogen (secondary N) is 1. The molecule has 1 aromatic carbocycles. The van der Waals surface area contributed by atoms with Crippen LogP contribution in [0.5, 0.6) is 0 Å². The van der Waals surface area contributed by atoms with Crippen molar-refractivity contribution in [2.75, 3.05) is 0 Å². The fraction of sp³-hybridized carbons (Fsp3) is 0.417. The lowest BCUT2D eigenvalue weighted by molar-refractivity contribution is 0.315. The van der Waals surface area contributed by atoms with Crippen molar-refractivity contribution in [3.05, 3.63) is 35.6 Å². The molecule has 0 heterocycles. The van der Waals surface area contributed by atoms with E-state index in [1.807, 2.05) is 6.92 Å². The molecule has 4 nitrogen and oxygen atoms in total. The number of nitrogens with zero attached hydrogens (tertiary/aromatic N) is 1. The molecule has 0 saturated carbocycles. The molecule has 1 atom stereocenters. The van der Waals surface area contributed by atoms with Gasteiger partial charge in [0.25, 0.3) is 0 Å². The van der Waals surface area contributed by atoms with E-state index >= 15 is 0 Å². The van der Waals surface area contributed by atoms with Crippen molar-refractivity contribution in [1.29, 1.82) is 0 Å². The highest BCUT2D eigenvalue weighted by atomic mass is 19.1. The van der Waals surface area contributed by atoms with E-state index in [9.17, 15) is 4.39 Å². The summed E-state index contributed by atoms with van der Waals surface area (Å²) in [5.41, 5.74) is 6.05. The van der Waals surface area contributed by atoms with E-state index in [0.29, 0.717) is 18.5 Å². The number of amidine groups is 1. The summed E-state index contributed by atoms with van der Waals surface area (Å²) in [6.45, 7) is 2.42. The molecule has 5 heteroatoms. The summed E-state index contributed by atoms with van der Waals surface area (Å²) in [6, 6.07) is 6.70. The van der Waals surface area contributed by atoms with Gasteiger partial charge in [0.1, 0.15) is 11.7 Å². The largest absolute Gasteiger partial charge is 0.409 e. The topological polar surface area (TPSA) is 70.6 Å². The van der Waals surface area contributed by atoms with Crippen LogP contribution in [-0.2, 0) is 6.54 Å². The molecule has 0 amide bonds. The third kappa shape index (κ3) is 4.40. The number of oxime groups is 1. The summed E-state index contributed by atoms with van der Waals surface area (Å²) in [6.07, 6.45) is 1.27. The van der Waals surface area contributed by atoms with Crippen LogP contribution < -0.4 is 11.1 Å². The first-order chi connectivity index (χ1) is 8.17. The molecule has 0 spiro atoms. The summed E-state index contributed by atoms with van der Waals surface area (Å²) in [4.78, 5) is 0. The zero-order valence-corrected chi connectivity index (χ0v) is 9.86. The summed E-state index contributed by atoms with van der Waals surface area (Å²) in [5, 5.41) is 14.6. The van der Waals surface area contributed by atoms with Crippen molar-refractivity contribution < 1.29 is 9.60 Å². The molecule has 4 N–H and O–H groups in total. The van der Waals surface area contributed by atoms with Gasteiger partial charge in [-0.3, -0.25) is 0 Å². The highest BCUT2D eigenvalue weighted by molar-refractivity contribution is 5.80. The van der Waals surface area contributed by atoms with Crippen LogP contribution in [0.3, 0.4) is 0 Å². The second-order valence-electron chi connectivity index (χ2n) is 3.87. The number of rotatable bonds is 6. The van der Waals surface area contributed by atoms with E-state index in [1.54, 1.807) is 18.2 Å². The van der Waals surface area contributed by atoms with Crippen LogP contribution in [-0.4, -0.2) is 17.1 Å². The zero-order chi connectivity index (χ0) is 12.7. The molecule has 1 unspecified atom stereocenters. The quantitative estimate of drug-likeness (QED) is 0.307. The van der Waals surface area contributed by atoms with E-state index in [2.05, 4.69) is 10.5 Å². The van der Waals surface area contributed by atoms with Gasteiger partial charge in [-0.2, -0.15) is 0 Å². The molecule has 0 saturated heterocycles. The number of hydrogen-bond acceptors (Lipinski definition) is 3. The maximum atomic E-state index is 13.3. The molecule has 0 aromatic heterocycles. The Kier molecular flexibility index (Phi) is 5.42. The van der Waals surface area contributed by atoms with Crippen LogP contribution in [0.1, 0.15) is 25.3 Å². The van der Waals surface area contributed by atoms with Gasteiger partial charge in [-0.05, 0) is 12.5 Å². The first-order valence-electron chi connectivity index (χ1n) is 5.60. The van der Waals surface area contributed by atoms with Gasteiger partial charge >= 0.3 is 0 Å². The number of benzene rings is 1. The van der Waals surface area contributed by atoms with Crippen molar-refractivity contribution in [1.82, 2.24) is 5.32 Å². The Labute approximate surface area is 100 Å². The summed E-state index contributed by atoms with van der Waals surface area (Å²) >= 11 is 0. The van der Waals surface area contributed by atoms with Gasteiger partial charge in [0.15, 0.2) is 0 Å². The van der Waals surface area contributed by atoms with E-state index in [-0.39, 0.29) is 17.7 Å². The lowest BCUT2D eigenvalue weighted by atomic mass is 10.1. The van der Waals surface area contributed by atoms with E-state index in [1.165, 1.54) is 6.07 Å². The standard InChI is InChI=1S/C12H18FN3O/c1-2-10(7-12(14)16-17)15-8-9-5-3-4-6-11(9)13/h3-6,10,15,17H,2,7-8H2,1H3,(H2,14,16). The lowest BCUT2D eigenvalue weighted by Gasteiger charge is -2.16. The molecule has 0 bridgehead atoms. The Morgan fingerprint density at radius 1 is 1.53 bits per heavy atom. The predicted octanol–water partition coefficient (Wildman–Crippen LogP) is 1.83. The smallest absolute Gasteiger partial charge is 0.140 e. The molecule has 0 radical (unpaired) electrons. The second-order valence-corrected chi connectivity index (χ2v) is 3.87. The Morgan fingerprint density at radius 2 is 2.24 bits per heavy atom. The van der Waals surface area contributed by atoms with E-state index < -0.39 is 0 Å². The maximum absolute atomic E-state index is 13.3. The van der Waals surface area contributed by atoms with Gasteiger partial charge in [0.2, 0.25) is 0 Å². The van der Waals surface area contributed by atoms with Gasteiger partial charge in [-0.25, -0.2) is 4.39 Å². The molecule has 94 valence electrons. The molecule has 0 aliphatic heterocycles. The maximum Gasteiger partial charge on any atom is 0.140 e. The van der Waals surface area contributed by atoms with Gasteiger partial charge in [0.05, 0.1) is 0 Å². The van der Waals surface area contributed by atoms with Gasteiger partial charge in [-0.15, -0.1) is 0 Å². The molecular weight excluding hydrogens is 221 g/mol. The zero-order valence-electron chi connectivity index (χ0n) is 9.86. The molecule has 0 aliphatic carbocycles. The minimum Gasteiger partial charge on any atom is -0.409 e. The second kappa shape index (κ2) is 6.85. The molecular formula is C12H18FN3O. The Balaban J connectivity index is 2.51. The Morgan fingerprint density at radius 3 is 2.82 bits per heavy atom. The average molecular weight is 239 g/mol. The van der Waals surface area contributed by atoms with Crippen LogP contribution >= 0.6 is 0 Å².